The Morgan fingerprint density at radius 3 is 1.63 bits per heavy atom. The highest BCUT2D eigenvalue weighted by molar-refractivity contribution is 6.32. The molecule has 0 amide bonds. The minimum absolute atomic E-state index is 0.648. The molecule has 6 nitrogen and oxygen atoms in total. The van der Waals surface area contributed by atoms with Crippen LogP contribution >= 0.6 is 23.2 Å². The Balaban J connectivity index is 1.91. The monoisotopic (exact) mass is 510 g/mol. The lowest BCUT2D eigenvalue weighted by molar-refractivity contribution is 0.306. The molecular formula is C27H28Cl2N4O2. The Kier molecular flexibility index (Phi) is 7.72. The quantitative estimate of drug-likeness (QED) is 0.221. The molecule has 4 rings (SSSR count). The van der Waals surface area contributed by atoms with Crippen molar-refractivity contribution in [1.29, 1.82) is 0 Å². The van der Waals surface area contributed by atoms with Crippen LogP contribution in [0.1, 0.15) is 66.2 Å². The Morgan fingerprint density at radius 2 is 1.23 bits per heavy atom. The zero-order valence-corrected chi connectivity index (χ0v) is 22.1. The largest absolute Gasteiger partial charge is 0.244 e. The van der Waals surface area contributed by atoms with Gasteiger partial charge in [0.25, 0.3) is 0 Å². The van der Waals surface area contributed by atoms with Crippen molar-refractivity contribution >= 4 is 28.8 Å². The number of rotatable bonds is 8. The molecule has 0 aliphatic rings. The number of hydrogen-bond acceptors (Lipinski definition) is 6. The predicted octanol–water partition coefficient (Wildman–Crippen LogP) is 8.34. The second-order valence-electron chi connectivity index (χ2n) is 8.77. The average Bonchev–Trinajstić information content (AvgIpc) is 3.45. The van der Waals surface area contributed by atoms with Gasteiger partial charge in [0.1, 0.15) is 22.8 Å². The Morgan fingerprint density at radius 1 is 0.743 bits per heavy atom. The van der Waals surface area contributed by atoms with Crippen molar-refractivity contribution in [3.8, 4) is 22.5 Å². The van der Waals surface area contributed by atoms with E-state index in [1.54, 1.807) is 0 Å². The van der Waals surface area contributed by atoms with Crippen LogP contribution in [0.2, 0.25) is 10.0 Å². The van der Waals surface area contributed by atoms with Crippen molar-refractivity contribution in [3.05, 3.63) is 74.0 Å². The first-order valence-corrected chi connectivity index (χ1v) is 12.5. The number of benzene rings is 2. The number of aromatic nitrogens is 4. The molecule has 0 fully saturated rings. The highest BCUT2D eigenvalue weighted by Crippen LogP contribution is 2.38. The van der Waals surface area contributed by atoms with Gasteiger partial charge in [-0.3, -0.25) is 0 Å². The first-order valence-electron chi connectivity index (χ1n) is 11.7. The Hall–Kier alpha value is -2.96. The number of hydrogen-bond donors (Lipinski definition) is 0. The van der Waals surface area contributed by atoms with Crippen molar-refractivity contribution in [2.45, 2.75) is 60.3 Å². The molecule has 0 unspecified atom stereocenters. The number of aryl methyl sites for hydroxylation is 2. The minimum Gasteiger partial charge on any atom is -0.244 e. The molecule has 182 valence electrons. The van der Waals surface area contributed by atoms with E-state index >= 15 is 0 Å². The van der Waals surface area contributed by atoms with Crippen molar-refractivity contribution in [2.75, 3.05) is 0 Å². The van der Waals surface area contributed by atoms with Crippen molar-refractivity contribution < 1.29 is 9.26 Å². The van der Waals surface area contributed by atoms with E-state index in [1.807, 2.05) is 39.8 Å². The van der Waals surface area contributed by atoms with Gasteiger partial charge in [-0.1, -0.05) is 59.4 Å². The third kappa shape index (κ3) is 5.19. The van der Waals surface area contributed by atoms with Gasteiger partial charge in [0.15, 0.2) is 0 Å². The normalized spacial score (nSPS) is 11.2. The molecule has 2 heterocycles. The molecule has 35 heavy (non-hydrogen) atoms. The number of allylic oxidation sites excluding steroid dienone is 1. The van der Waals surface area contributed by atoms with E-state index in [1.165, 1.54) is 0 Å². The van der Waals surface area contributed by atoms with Gasteiger partial charge in [0.2, 0.25) is 0 Å². The van der Waals surface area contributed by atoms with Crippen LogP contribution in [-0.4, -0.2) is 20.6 Å². The number of nitrogens with zero attached hydrogens (tertiary/aromatic N) is 4. The summed E-state index contributed by atoms with van der Waals surface area (Å²) < 4.78 is 9.94. The van der Waals surface area contributed by atoms with Crippen LogP contribution in [0.25, 0.3) is 28.1 Å². The van der Waals surface area contributed by atoms with E-state index in [-0.39, 0.29) is 0 Å². The summed E-state index contributed by atoms with van der Waals surface area (Å²) in [6.45, 7) is 9.88. The molecule has 0 saturated heterocycles. The lowest BCUT2D eigenvalue weighted by Crippen LogP contribution is -1.97. The molecule has 0 aliphatic heterocycles. The van der Waals surface area contributed by atoms with Gasteiger partial charge in [-0.15, -0.1) is 0 Å². The fraction of sp³-hybridized carbons (Fsp3) is 0.333. The molecule has 0 N–H and O–H groups in total. The molecular weight excluding hydrogens is 483 g/mol. The fourth-order valence-electron chi connectivity index (χ4n) is 4.16. The Bertz CT molecular complexity index is 1290. The zero-order valence-electron chi connectivity index (χ0n) is 20.6. The van der Waals surface area contributed by atoms with E-state index < -0.39 is 0 Å². The molecule has 2 aromatic heterocycles. The second kappa shape index (κ2) is 10.8. The van der Waals surface area contributed by atoms with E-state index in [9.17, 15) is 0 Å². The van der Waals surface area contributed by atoms with Gasteiger partial charge in [0.05, 0.1) is 0 Å². The summed E-state index contributed by atoms with van der Waals surface area (Å²) in [5.41, 5.74) is 9.39. The summed E-state index contributed by atoms with van der Waals surface area (Å²) in [4.78, 5) is 0. The van der Waals surface area contributed by atoms with E-state index in [0.29, 0.717) is 32.8 Å². The molecule has 0 spiro atoms. The van der Waals surface area contributed by atoms with Gasteiger partial charge in [0, 0.05) is 21.2 Å². The average molecular weight is 511 g/mol. The fourth-order valence-corrected chi connectivity index (χ4v) is 4.59. The SMILES string of the molecule is CCCCCC=C(c1cc(Cl)c(C)c(-c2nonc2C)c1)c1cc(Cl)c(C)c(-c2nonc2C)c1. The number of unbranched alkanes of at least 4 members (excludes halogenated alkanes) is 3. The number of halogens is 2. The molecule has 0 radical (unpaired) electrons. The molecule has 2 aromatic carbocycles. The first-order chi connectivity index (χ1) is 16.8. The second-order valence-corrected chi connectivity index (χ2v) is 9.59. The summed E-state index contributed by atoms with van der Waals surface area (Å²) in [6.07, 6.45) is 6.60. The van der Waals surface area contributed by atoms with E-state index in [4.69, 9.17) is 32.5 Å². The standard InChI is InChI=1S/C27H28Cl2N4O2/c1-6-7-8-9-10-21(19-11-22(15(2)24(28)13-19)26-17(4)30-34-32-26)20-12-23(16(3)25(29)14-20)27-18(5)31-35-33-27/h10-14H,6-9H2,1-5H3. The lowest BCUT2D eigenvalue weighted by Gasteiger charge is -2.16. The van der Waals surface area contributed by atoms with Crippen LogP contribution in [0, 0.1) is 27.7 Å². The van der Waals surface area contributed by atoms with Crippen LogP contribution in [-0.2, 0) is 0 Å². The molecule has 4 aromatic rings. The van der Waals surface area contributed by atoms with Gasteiger partial charge in [-0.05, 0) is 103 Å². The van der Waals surface area contributed by atoms with Gasteiger partial charge in [-0.2, -0.15) is 0 Å². The molecule has 0 bridgehead atoms. The molecule has 0 aliphatic carbocycles. The van der Waals surface area contributed by atoms with E-state index in [2.05, 4.69) is 45.8 Å². The summed E-state index contributed by atoms with van der Waals surface area (Å²) >= 11 is 13.5. The highest BCUT2D eigenvalue weighted by Gasteiger charge is 2.19. The first kappa shape index (κ1) is 25.1. The van der Waals surface area contributed by atoms with Crippen LogP contribution in [0.4, 0.5) is 0 Å². The topological polar surface area (TPSA) is 77.8 Å². The van der Waals surface area contributed by atoms with E-state index in [0.717, 1.165) is 64.6 Å². The van der Waals surface area contributed by atoms with Crippen LogP contribution < -0.4 is 0 Å². The summed E-state index contributed by atoms with van der Waals surface area (Å²) in [6, 6.07) is 8.17. The van der Waals surface area contributed by atoms with Crippen molar-refractivity contribution in [1.82, 2.24) is 20.6 Å². The molecule has 8 heteroatoms. The zero-order chi connectivity index (χ0) is 25.1. The summed E-state index contributed by atoms with van der Waals surface area (Å²) in [5.74, 6) is 0. The maximum atomic E-state index is 6.73. The lowest BCUT2D eigenvalue weighted by atomic mass is 9.90. The summed E-state index contributed by atoms with van der Waals surface area (Å²) in [5, 5.41) is 17.4. The van der Waals surface area contributed by atoms with Crippen molar-refractivity contribution in [3.63, 3.8) is 0 Å². The predicted molar refractivity (Wildman–Crippen MR) is 140 cm³/mol. The van der Waals surface area contributed by atoms with Crippen molar-refractivity contribution in [2.24, 2.45) is 0 Å². The van der Waals surface area contributed by atoms with Gasteiger partial charge in [-0.25, -0.2) is 9.26 Å². The maximum absolute atomic E-state index is 6.73. The highest BCUT2D eigenvalue weighted by atomic mass is 35.5. The van der Waals surface area contributed by atoms with Crippen LogP contribution in [0.3, 0.4) is 0 Å². The molecule has 0 atom stereocenters. The van der Waals surface area contributed by atoms with Crippen LogP contribution in [0.15, 0.2) is 39.6 Å². The minimum atomic E-state index is 0.648. The summed E-state index contributed by atoms with van der Waals surface area (Å²) in [7, 11) is 0. The van der Waals surface area contributed by atoms with Gasteiger partial charge < -0.3 is 0 Å². The smallest absolute Gasteiger partial charge is 0.138 e. The van der Waals surface area contributed by atoms with Gasteiger partial charge >= 0.3 is 0 Å². The van der Waals surface area contributed by atoms with Crippen LogP contribution in [0.5, 0.6) is 0 Å². The third-order valence-electron chi connectivity index (χ3n) is 6.28. The maximum Gasteiger partial charge on any atom is 0.138 e. The Labute approximate surface area is 215 Å². The molecule has 0 saturated carbocycles. The third-order valence-corrected chi connectivity index (χ3v) is 7.07.